The molecule has 2 aliphatic rings. The highest BCUT2D eigenvalue weighted by molar-refractivity contribution is 7.85. The number of hydrogen-bond acceptors (Lipinski definition) is 2. The van der Waals surface area contributed by atoms with Crippen molar-refractivity contribution < 1.29 is 4.21 Å². The van der Waals surface area contributed by atoms with Gasteiger partial charge in [0.25, 0.3) is 0 Å². The molecular formula is C16H31NOS. The third kappa shape index (κ3) is 4.56. The molecule has 2 fully saturated rings. The quantitative estimate of drug-likeness (QED) is 0.809. The summed E-state index contributed by atoms with van der Waals surface area (Å²) in [6.07, 6.45) is 10.4. The van der Waals surface area contributed by atoms with Gasteiger partial charge in [-0.15, -0.1) is 0 Å². The second-order valence-corrected chi connectivity index (χ2v) is 8.41. The van der Waals surface area contributed by atoms with Crippen LogP contribution in [-0.2, 0) is 10.8 Å². The molecule has 2 rings (SSSR count). The second kappa shape index (κ2) is 7.78. The normalized spacial score (nSPS) is 32.3. The van der Waals surface area contributed by atoms with E-state index in [4.69, 9.17) is 0 Å². The zero-order chi connectivity index (χ0) is 13.7. The van der Waals surface area contributed by atoms with Gasteiger partial charge in [0.05, 0.1) is 0 Å². The first-order chi connectivity index (χ1) is 9.20. The monoisotopic (exact) mass is 285 g/mol. The molecule has 0 saturated heterocycles. The van der Waals surface area contributed by atoms with Gasteiger partial charge in [0.2, 0.25) is 0 Å². The Morgan fingerprint density at radius 2 is 1.89 bits per heavy atom. The fourth-order valence-corrected chi connectivity index (χ4v) is 5.90. The maximum atomic E-state index is 12.7. The Kier molecular flexibility index (Phi) is 6.34. The van der Waals surface area contributed by atoms with E-state index < -0.39 is 10.8 Å². The lowest BCUT2D eigenvalue weighted by atomic mass is 9.91. The summed E-state index contributed by atoms with van der Waals surface area (Å²) in [7, 11) is -0.617. The highest BCUT2D eigenvalue weighted by atomic mass is 32.2. The summed E-state index contributed by atoms with van der Waals surface area (Å²) in [5.74, 6) is 2.47. The SMILES string of the molecule is CCNC(CS(=O)C1CCCC(C)C1)C1CCCC1. The van der Waals surface area contributed by atoms with E-state index in [1.54, 1.807) is 0 Å². The number of rotatable bonds is 6. The van der Waals surface area contributed by atoms with E-state index in [1.165, 1.54) is 51.4 Å². The van der Waals surface area contributed by atoms with Crippen LogP contribution in [0.3, 0.4) is 0 Å². The fourth-order valence-electron chi connectivity index (χ4n) is 3.91. The molecule has 19 heavy (non-hydrogen) atoms. The fraction of sp³-hybridized carbons (Fsp3) is 1.00. The molecule has 0 spiro atoms. The molecule has 112 valence electrons. The molecule has 0 heterocycles. The zero-order valence-corrected chi connectivity index (χ0v) is 13.5. The molecule has 0 bridgehead atoms. The van der Waals surface area contributed by atoms with E-state index in [2.05, 4.69) is 19.2 Å². The maximum Gasteiger partial charge on any atom is 0.0394 e. The number of nitrogens with one attached hydrogen (secondary N) is 1. The van der Waals surface area contributed by atoms with Crippen molar-refractivity contribution in [2.75, 3.05) is 12.3 Å². The van der Waals surface area contributed by atoms with E-state index >= 15 is 0 Å². The molecule has 4 atom stereocenters. The van der Waals surface area contributed by atoms with Crippen molar-refractivity contribution in [1.29, 1.82) is 0 Å². The molecule has 1 N–H and O–H groups in total. The van der Waals surface area contributed by atoms with Crippen LogP contribution in [0, 0.1) is 11.8 Å². The summed E-state index contributed by atoms with van der Waals surface area (Å²) in [6, 6.07) is 0.505. The van der Waals surface area contributed by atoms with Crippen LogP contribution in [0.4, 0.5) is 0 Å². The van der Waals surface area contributed by atoms with Gasteiger partial charge in [-0.05, 0) is 44.1 Å². The molecule has 0 amide bonds. The molecule has 0 aromatic rings. The molecule has 0 radical (unpaired) electrons. The lowest BCUT2D eigenvalue weighted by Gasteiger charge is -2.29. The first-order valence-corrected chi connectivity index (χ1v) is 9.69. The van der Waals surface area contributed by atoms with Gasteiger partial charge < -0.3 is 5.32 Å². The Labute approximate surface area is 121 Å². The summed E-state index contributed by atoms with van der Waals surface area (Å²) in [4.78, 5) is 0. The standard InChI is InChI=1S/C16H31NOS/c1-3-17-16(14-8-4-5-9-14)12-19(18)15-10-6-7-13(2)11-15/h13-17H,3-12H2,1-2H3. The van der Waals surface area contributed by atoms with Crippen LogP contribution >= 0.6 is 0 Å². The van der Waals surface area contributed by atoms with Crippen LogP contribution in [0.2, 0.25) is 0 Å². The molecular weight excluding hydrogens is 254 g/mol. The maximum absolute atomic E-state index is 12.7. The lowest BCUT2D eigenvalue weighted by molar-refractivity contribution is 0.378. The van der Waals surface area contributed by atoms with Crippen LogP contribution in [0.25, 0.3) is 0 Å². The Bertz CT molecular complexity index is 288. The molecule has 0 aliphatic heterocycles. The molecule has 2 nitrogen and oxygen atoms in total. The summed E-state index contributed by atoms with van der Waals surface area (Å²) >= 11 is 0. The van der Waals surface area contributed by atoms with Crippen LogP contribution in [0.15, 0.2) is 0 Å². The van der Waals surface area contributed by atoms with Gasteiger partial charge in [0.15, 0.2) is 0 Å². The van der Waals surface area contributed by atoms with Crippen molar-refractivity contribution in [2.45, 2.75) is 76.5 Å². The molecule has 2 aliphatic carbocycles. The summed E-state index contributed by atoms with van der Waals surface area (Å²) < 4.78 is 12.7. The summed E-state index contributed by atoms with van der Waals surface area (Å²) in [5.41, 5.74) is 0. The van der Waals surface area contributed by atoms with Gasteiger partial charge in [-0.1, -0.05) is 39.5 Å². The Morgan fingerprint density at radius 3 is 2.53 bits per heavy atom. The highest BCUT2D eigenvalue weighted by Crippen LogP contribution is 2.31. The van der Waals surface area contributed by atoms with Crippen molar-refractivity contribution >= 4 is 10.8 Å². The minimum Gasteiger partial charge on any atom is -0.313 e. The van der Waals surface area contributed by atoms with Crippen LogP contribution in [-0.4, -0.2) is 27.8 Å². The van der Waals surface area contributed by atoms with Gasteiger partial charge in [-0.2, -0.15) is 0 Å². The molecule has 2 saturated carbocycles. The largest absolute Gasteiger partial charge is 0.313 e. The molecule has 3 heteroatoms. The van der Waals surface area contributed by atoms with Crippen LogP contribution < -0.4 is 5.32 Å². The van der Waals surface area contributed by atoms with Crippen LogP contribution in [0.5, 0.6) is 0 Å². The van der Waals surface area contributed by atoms with E-state index in [-0.39, 0.29) is 0 Å². The van der Waals surface area contributed by atoms with Gasteiger partial charge in [-0.25, -0.2) is 0 Å². The number of hydrogen-bond donors (Lipinski definition) is 1. The topological polar surface area (TPSA) is 29.1 Å². The lowest BCUT2D eigenvalue weighted by Crippen LogP contribution is -2.41. The molecule has 4 unspecified atom stereocenters. The first-order valence-electron chi connectivity index (χ1n) is 8.31. The van der Waals surface area contributed by atoms with Crippen molar-refractivity contribution in [3.8, 4) is 0 Å². The Hall–Kier alpha value is 0.110. The predicted molar refractivity (Wildman–Crippen MR) is 83.9 cm³/mol. The van der Waals surface area contributed by atoms with Crippen molar-refractivity contribution in [3.63, 3.8) is 0 Å². The Morgan fingerprint density at radius 1 is 1.16 bits per heavy atom. The van der Waals surface area contributed by atoms with Gasteiger partial charge >= 0.3 is 0 Å². The minimum atomic E-state index is -0.617. The highest BCUT2D eigenvalue weighted by Gasteiger charge is 2.30. The summed E-state index contributed by atoms with van der Waals surface area (Å²) in [6.45, 7) is 5.51. The van der Waals surface area contributed by atoms with Crippen molar-refractivity contribution in [1.82, 2.24) is 5.32 Å². The van der Waals surface area contributed by atoms with Gasteiger partial charge in [-0.3, -0.25) is 4.21 Å². The third-order valence-corrected chi connectivity index (χ3v) is 6.90. The first kappa shape index (κ1) is 15.5. The van der Waals surface area contributed by atoms with E-state index in [0.29, 0.717) is 11.3 Å². The molecule has 0 aromatic carbocycles. The third-order valence-electron chi connectivity index (χ3n) is 5.04. The smallest absolute Gasteiger partial charge is 0.0394 e. The van der Waals surface area contributed by atoms with Crippen molar-refractivity contribution in [3.05, 3.63) is 0 Å². The van der Waals surface area contributed by atoms with E-state index in [9.17, 15) is 4.21 Å². The predicted octanol–water partition coefficient (Wildman–Crippen LogP) is 3.48. The second-order valence-electron chi connectivity index (χ2n) is 6.65. The minimum absolute atomic E-state index is 0.478. The van der Waals surface area contributed by atoms with E-state index in [0.717, 1.165) is 24.1 Å². The zero-order valence-electron chi connectivity index (χ0n) is 12.7. The van der Waals surface area contributed by atoms with Gasteiger partial charge in [0.1, 0.15) is 0 Å². The van der Waals surface area contributed by atoms with Crippen molar-refractivity contribution in [2.24, 2.45) is 11.8 Å². The van der Waals surface area contributed by atoms with E-state index in [1.807, 2.05) is 0 Å². The Balaban J connectivity index is 1.86. The van der Waals surface area contributed by atoms with Crippen LogP contribution in [0.1, 0.15) is 65.2 Å². The summed E-state index contributed by atoms with van der Waals surface area (Å²) in [5, 5.41) is 4.09. The molecule has 0 aromatic heterocycles. The average Bonchev–Trinajstić information content (AvgIpc) is 2.92. The average molecular weight is 285 g/mol. The van der Waals surface area contributed by atoms with Gasteiger partial charge in [0, 0.05) is 27.8 Å².